The van der Waals surface area contributed by atoms with Gasteiger partial charge in [-0.15, -0.1) is 0 Å². The molecule has 11 aromatic rings. The van der Waals surface area contributed by atoms with Crippen LogP contribution in [-0.2, 0) is 0 Å². The van der Waals surface area contributed by atoms with Gasteiger partial charge in [0.25, 0.3) is 0 Å². The third-order valence-electron chi connectivity index (χ3n) is 11.3. The number of fused-ring (bicyclic) bond motifs is 3. The van der Waals surface area contributed by atoms with Gasteiger partial charge in [0, 0.05) is 38.8 Å². The maximum atomic E-state index is 5.46. The Hall–Kier alpha value is -8.28. The maximum absolute atomic E-state index is 5.46. The second-order valence-electron chi connectivity index (χ2n) is 15.1. The van der Waals surface area contributed by atoms with Crippen molar-refractivity contribution in [1.82, 2.24) is 24.6 Å². The van der Waals surface area contributed by atoms with Gasteiger partial charge in [-0.25, -0.2) is 19.5 Å². The molecule has 0 bridgehead atoms. The lowest BCUT2D eigenvalue weighted by Gasteiger charge is -2.15. The Balaban J connectivity index is 1.05. The first kappa shape index (κ1) is 35.8. The summed E-state index contributed by atoms with van der Waals surface area (Å²) in [6.07, 6.45) is 0. The summed E-state index contributed by atoms with van der Waals surface area (Å²) in [5, 5.41) is 7.76. The molecule has 61 heavy (non-hydrogen) atoms. The summed E-state index contributed by atoms with van der Waals surface area (Å²) >= 11 is 0. The first-order chi connectivity index (χ1) is 30.2. The van der Waals surface area contributed by atoms with Crippen molar-refractivity contribution in [3.05, 3.63) is 224 Å². The van der Waals surface area contributed by atoms with Crippen molar-refractivity contribution in [3.8, 4) is 90.1 Å². The van der Waals surface area contributed by atoms with E-state index in [2.05, 4.69) is 168 Å². The average molecular weight is 780 g/mol. The fourth-order valence-corrected chi connectivity index (χ4v) is 8.34. The van der Waals surface area contributed by atoms with E-state index in [1.807, 2.05) is 60.7 Å². The molecule has 8 aromatic carbocycles. The predicted molar refractivity (Wildman–Crippen MR) is 250 cm³/mol. The van der Waals surface area contributed by atoms with Crippen molar-refractivity contribution >= 4 is 16.3 Å². The van der Waals surface area contributed by atoms with E-state index < -0.39 is 0 Å². The molecule has 0 aliphatic rings. The first-order valence-electron chi connectivity index (χ1n) is 20.5. The molecule has 0 saturated carbocycles. The number of benzene rings is 8. The smallest absolute Gasteiger partial charge is 0.164 e. The Kier molecular flexibility index (Phi) is 9.10. The number of hydrogen-bond donors (Lipinski definition) is 0. The maximum Gasteiger partial charge on any atom is 0.164 e. The van der Waals surface area contributed by atoms with Crippen LogP contribution in [0.4, 0.5) is 0 Å². The highest BCUT2D eigenvalue weighted by molar-refractivity contribution is 6.14. The van der Waals surface area contributed by atoms with Crippen LogP contribution in [0.15, 0.2) is 224 Å². The van der Waals surface area contributed by atoms with E-state index in [4.69, 9.17) is 20.1 Å². The topological polar surface area (TPSA) is 56.0 Å². The highest BCUT2D eigenvalue weighted by Gasteiger charge is 2.23. The molecule has 0 saturated heterocycles. The summed E-state index contributed by atoms with van der Waals surface area (Å²) in [5.74, 6) is 1.92. The molecule has 0 spiro atoms. The van der Waals surface area contributed by atoms with Gasteiger partial charge in [-0.1, -0.05) is 212 Å². The molecule has 0 unspecified atom stereocenters. The zero-order valence-corrected chi connectivity index (χ0v) is 33.1. The average Bonchev–Trinajstić information content (AvgIpc) is 3.76. The molecule has 3 aromatic heterocycles. The standard InChI is InChI=1S/C56H37N5/c1-6-18-40(19-7-1)49-37-46-29-17-31-48(50(46)53-51(41-20-8-2-9-21-41)52(60-61(49)53)42-22-10-3-11-23-42)39-34-32-38(33-35-39)45-28-16-30-47(36-45)56-58-54(43-24-12-4-13-25-43)57-55(59-56)44-26-14-5-15-27-44/h1-37H. The van der Waals surface area contributed by atoms with Gasteiger partial charge in [0.05, 0.1) is 11.2 Å². The van der Waals surface area contributed by atoms with Gasteiger partial charge in [0.1, 0.15) is 5.69 Å². The molecular weight excluding hydrogens is 743 g/mol. The Morgan fingerprint density at radius 1 is 0.311 bits per heavy atom. The van der Waals surface area contributed by atoms with Gasteiger partial charge in [0.2, 0.25) is 0 Å². The van der Waals surface area contributed by atoms with Crippen LogP contribution in [0.5, 0.6) is 0 Å². The molecule has 5 nitrogen and oxygen atoms in total. The summed E-state index contributed by atoms with van der Waals surface area (Å²) in [5.41, 5.74) is 14.7. The second kappa shape index (κ2) is 15.5. The first-order valence-corrected chi connectivity index (χ1v) is 20.5. The van der Waals surface area contributed by atoms with Crippen LogP contribution in [0.3, 0.4) is 0 Å². The van der Waals surface area contributed by atoms with Gasteiger partial charge in [-0.2, -0.15) is 5.10 Å². The highest BCUT2D eigenvalue weighted by atomic mass is 15.2. The lowest BCUT2D eigenvalue weighted by atomic mass is 9.92. The SMILES string of the molecule is c1ccc(-c2nc(-c3ccccc3)nc(-c3cccc(-c4ccc(-c5cccc6cc(-c7ccccc7)n7nc(-c8ccccc8)c(-c8ccccc8)c7c56)cc4)c3)n2)cc1. The third kappa shape index (κ3) is 6.74. The van der Waals surface area contributed by atoms with Crippen LogP contribution in [0.2, 0.25) is 0 Å². The fraction of sp³-hybridized carbons (Fsp3) is 0. The Morgan fingerprint density at radius 2 is 0.770 bits per heavy atom. The minimum Gasteiger partial charge on any atom is -0.231 e. The Labute approximate surface area is 354 Å². The minimum absolute atomic E-state index is 0.630. The molecule has 3 heterocycles. The zero-order valence-electron chi connectivity index (χ0n) is 33.1. The summed E-state index contributed by atoms with van der Waals surface area (Å²) in [4.78, 5) is 14.9. The number of nitrogens with zero attached hydrogens (tertiary/aromatic N) is 5. The van der Waals surface area contributed by atoms with Crippen LogP contribution < -0.4 is 0 Å². The Bertz CT molecular complexity index is 3250. The van der Waals surface area contributed by atoms with Crippen LogP contribution >= 0.6 is 0 Å². The summed E-state index contributed by atoms with van der Waals surface area (Å²) < 4.78 is 2.17. The van der Waals surface area contributed by atoms with E-state index in [1.165, 1.54) is 0 Å². The molecule has 286 valence electrons. The van der Waals surface area contributed by atoms with Crippen molar-refractivity contribution in [2.75, 3.05) is 0 Å². The molecule has 0 aliphatic carbocycles. The van der Waals surface area contributed by atoms with E-state index in [1.54, 1.807) is 0 Å². The molecule has 0 aliphatic heterocycles. The van der Waals surface area contributed by atoms with Gasteiger partial charge in [0.15, 0.2) is 17.5 Å². The largest absolute Gasteiger partial charge is 0.231 e. The van der Waals surface area contributed by atoms with E-state index in [0.717, 1.165) is 88.9 Å². The quantitative estimate of drug-likeness (QED) is 0.154. The molecule has 0 atom stereocenters. The van der Waals surface area contributed by atoms with Gasteiger partial charge < -0.3 is 0 Å². The van der Waals surface area contributed by atoms with Gasteiger partial charge in [-0.05, 0) is 45.3 Å². The lowest BCUT2D eigenvalue weighted by molar-refractivity contribution is 0.980. The monoisotopic (exact) mass is 779 g/mol. The zero-order chi connectivity index (χ0) is 40.5. The summed E-state index contributed by atoms with van der Waals surface area (Å²) in [7, 11) is 0. The summed E-state index contributed by atoms with van der Waals surface area (Å²) in [6.45, 7) is 0. The van der Waals surface area contributed by atoms with Gasteiger partial charge in [-0.3, -0.25) is 0 Å². The van der Waals surface area contributed by atoms with E-state index in [0.29, 0.717) is 17.5 Å². The lowest BCUT2D eigenvalue weighted by Crippen LogP contribution is -2.00. The van der Waals surface area contributed by atoms with Crippen LogP contribution in [-0.4, -0.2) is 24.6 Å². The number of hydrogen-bond acceptors (Lipinski definition) is 4. The Morgan fingerprint density at radius 3 is 1.36 bits per heavy atom. The van der Waals surface area contributed by atoms with Crippen molar-refractivity contribution < 1.29 is 0 Å². The van der Waals surface area contributed by atoms with Crippen molar-refractivity contribution in [2.24, 2.45) is 0 Å². The van der Waals surface area contributed by atoms with Crippen molar-refractivity contribution in [1.29, 1.82) is 0 Å². The molecule has 0 fully saturated rings. The molecule has 0 radical (unpaired) electrons. The summed E-state index contributed by atoms with van der Waals surface area (Å²) in [6, 6.07) is 78.2. The van der Waals surface area contributed by atoms with Gasteiger partial charge >= 0.3 is 0 Å². The second-order valence-corrected chi connectivity index (χ2v) is 15.1. The van der Waals surface area contributed by atoms with Crippen LogP contribution in [0, 0.1) is 0 Å². The molecule has 0 N–H and O–H groups in total. The number of aromatic nitrogens is 5. The molecule has 0 amide bonds. The van der Waals surface area contributed by atoms with E-state index in [-0.39, 0.29) is 0 Å². The third-order valence-corrected chi connectivity index (χ3v) is 11.3. The van der Waals surface area contributed by atoms with Crippen molar-refractivity contribution in [2.45, 2.75) is 0 Å². The molecule has 11 rings (SSSR count). The fourth-order valence-electron chi connectivity index (χ4n) is 8.34. The highest BCUT2D eigenvalue weighted by Crippen LogP contribution is 2.44. The van der Waals surface area contributed by atoms with E-state index >= 15 is 0 Å². The van der Waals surface area contributed by atoms with Crippen LogP contribution in [0.25, 0.3) is 106 Å². The van der Waals surface area contributed by atoms with E-state index in [9.17, 15) is 0 Å². The predicted octanol–water partition coefficient (Wildman–Crippen LogP) is 14.0. The number of pyridine rings is 1. The van der Waals surface area contributed by atoms with Crippen molar-refractivity contribution in [3.63, 3.8) is 0 Å². The number of rotatable bonds is 8. The normalized spacial score (nSPS) is 11.3. The molecule has 5 heteroatoms. The van der Waals surface area contributed by atoms with Crippen LogP contribution in [0.1, 0.15) is 0 Å². The minimum atomic E-state index is 0.630. The molecular formula is C56H37N5.